The van der Waals surface area contributed by atoms with Gasteiger partial charge in [0.25, 0.3) is 0 Å². The molecule has 4 heterocycles. The fourth-order valence-electron chi connectivity index (χ4n) is 4.08. The van der Waals surface area contributed by atoms with Crippen LogP contribution >= 0.6 is 54.5 Å². The number of aliphatic hydroxyl groups is 1. The third-order valence-corrected chi connectivity index (χ3v) is 7.56. The molecule has 2 saturated heterocycles. The second-order valence-electron chi connectivity index (χ2n) is 12.2. The zero-order valence-electron chi connectivity index (χ0n) is 25.5. The van der Waals surface area contributed by atoms with Crippen molar-refractivity contribution in [3.8, 4) is 0 Å². The molecule has 2 aromatic heterocycles. The number of amides is 2. The number of aromatic nitrogens is 2. The van der Waals surface area contributed by atoms with Crippen molar-refractivity contribution >= 4 is 72.4 Å². The minimum atomic E-state index is -1.07. The Balaban J connectivity index is 0.000000251. The van der Waals surface area contributed by atoms with Crippen LogP contribution in [-0.4, -0.2) is 80.2 Å². The lowest BCUT2D eigenvalue weighted by Crippen LogP contribution is -2.49. The number of halogens is 3. The van der Waals surface area contributed by atoms with Gasteiger partial charge in [0, 0.05) is 41.0 Å². The number of likely N-dealkylation sites (tertiary alicyclic amines) is 2. The number of piperidine rings is 2. The molecule has 4 rings (SSSR count). The largest absolute Gasteiger partial charge is 0.444 e. The summed E-state index contributed by atoms with van der Waals surface area (Å²) < 4.78 is 13.3. The summed E-state index contributed by atoms with van der Waals surface area (Å²) in [4.78, 5) is 45.9. The van der Waals surface area contributed by atoms with Gasteiger partial charge in [-0.3, -0.25) is 4.79 Å². The highest BCUT2D eigenvalue weighted by Crippen LogP contribution is 2.32. The lowest BCUT2D eigenvalue weighted by Gasteiger charge is -2.39. The Labute approximate surface area is 284 Å². The number of pyridine rings is 2. The fraction of sp³-hybridized carbons (Fsp3) is 0.567. The molecule has 0 spiro atoms. The van der Waals surface area contributed by atoms with Crippen molar-refractivity contribution in [2.75, 3.05) is 26.2 Å². The van der Waals surface area contributed by atoms with Gasteiger partial charge >= 0.3 is 12.2 Å². The van der Waals surface area contributed by atoms with Gasteiger partial charge in [-0.2, -0.15) is 0 Å². The highest BCUT2D eigenvalue weighted by atomic mass is 127. The number of hydrogen-bond donors (Lipinski definition) is 1. The molecule has 1 unspecified atom stereocenters. The minimum Gasteiger partial charge on any atom is -0.444 e. The number of ketones is 1. The van der Waals surface area contributed by atoms with Gasteiger partial charge in [-0.1, -0.05) is 6.07 Å². The maximum atomic E-state index is 12.2. The maximum Gasteiger partial charge on any atom is 0.410 e. The molecule has 13 heteroatoms. The van der Waals surface area contributed by atoms with Crippen LogP contribution in [0.4, 0.5) is 9.59 Å². The van der Waals surface area contributed by atoms with Gasteiger partial charge in [0.15, 0.2) is 5.78 Å². The second kappa shape index (κ2) is 16.5. The molecular weight excluding hydrogens is 799 g/mol. The Hall–Kier alpha value is -1.84. The van der Waals surface area contributed by atoms with Crippen LogP contribution < -0.4 is 0 Å². The van der Waals surface area contributed by atoms with Crippen molar-refractivity contribution in [1.82, 2.24) is 19.8 Å². The predicted molar refractivity (Wildman–Crippen MR) is 180 cm³/mol. The lowest BCUT2D eigenvalue weighted by molar-refractivity contribution is -0.122. The van der Waals surface area contributed by atoms with Gasteiger partial charge in [0.2, 0.25) is 0 Å². The summed E-state index contributed by atoms with van der Waals surface area (Å²) in [7, 11) is 0. The molecule has 43 heavy (non-hydrogen) atoms. The third kappa shape index (κ3) is 14.2. The molecule has 0 aromatic carbocycles. The van der Waals surface area contributed by atoms with Gasteiger partial charge in [-0.15, -0.1) is 0 Å². The molecule has 0 radical (unpaired) electrons. The van der Waals surface area contributed by atoms with E-state index in [2.05, 4.69) is 64.4 Å². The number of carbonyl (C=O) groups excluding carboxylic acids is 3. The van der Waals surface area contributed by atoms with E-state index >= 15 is 0 Å². The highest BCUT2D eigenvalue weighted by Gasteiger charge is 2.38. The first kappa shape index (κ1) is 37.3. The molecule has 2 fully saturated rings. The summed E-state index contributed by atoms with van der Waals surface area (Å²) in [6.07, 6.45) is 5.35. The van der Waals surface area contributed by atoms with E-state index in [0.717, 1.165) is 31.2 Å². The fourth-order valence-corrected chi connectivity index (χ4v) is 4.87. The van der Waals surface area contributed by atoms with Crippen LogP contribution in [0.25, 0.3) is 0 Å². The Morgan fingerprint density at radius 1 is 0.884 bits per heavy atom. The topological polar surface area (TPSA) is 122 Å². The lowest BCUT2D eigenvalue weighted by atomic mass is 9.87. The number of Topliss-reactive ketones (excluding diaryl/α,β-unsaturated/α-hetero) is 1. The summed E-state index contributed by atoms with van der Waals surface area (Å²) in [6, 6.07) is 7.54. The van der Waals surface area contributed by atoms with Crippen molar-refractivity contribution in [3.05, 3.63) is 55.0 Å². The van der Waals surface area contributed by atoms with Crippen LogP contribution in [0.1, 0.15) is 72.8 Å². The first-order valence-electron chi connectivity index (χ1n) is 14.0. The zero-order valence-corrected chi connectivity index (χ0v) is 30.9. The average Bonchev–Trinajstić information content (AvgIpc) is 2.89. The number of nitrogens with zero attached hydrogens (tertiary/aromatic N) is 4. The number of hydrogen-bond acceptors (Lipinski definition) is 8. The van der Waals surface area contributed by atoms with E-state index in [4.69, 9.17) is 9.47 Å². The molecule has 2 aliphatic heterocycles. The Bertz CT molecular complexity index is 1200. The van der Waals surface area contributed by atoms with E-state index in [1.807, 2.05) is 65.9 Å². The van der Waals surface area contributed by atoms with Gasteiger partial charge in [0.05, 0.1) is 13.1 Å². The quantitative estimate of drug-likeness (QED) is 0.239. The summed E-state index contributed by atoms with van der Waals surface area (Å²) in [6.45, 7) is 12.6. The van der Waals surface area contributed by atoms with Crippen molar-refractivity contribution < 1.29 is 29.0 Å². The van der Waals surface area contributed by atoms with Crippen molar-refractivity contribution in [1.29, 1.82) is 0 Å². The molecule has 1 N–H and O–H groups in total. The predicted octanol–water partition coefficient (Wildman–Crippen LogP) is 7.10. The van der Waals surface area contributed by atoms with Gasteiger partial charge in [-0.25, -0.2) is 19.6 Å². The van der Waals surface area contributed by atoms with Crippen LogP contribution in [0.5, 0.6) is 0 Å². The van der Waals surface area contributed by atoms with Crippen LogP contribution in [0.3, 0.4) is 0 Å². The highest BCUT2D eigenvalue weighted by molar-refractivity contribution is 14.1. The first-order valence-corrected chi connectivity index (χ1v) is 16.6. The molecule has 238 valence electrons. The molecule has 1 atom stereocenters. The van der Waals surface area contributed by atoms with E-state index in [-0.39, 0.29) is 31.1 Å². The standard InChI is InChI=1S/C15H21BrN2O3.C10H17NO3.C5H3BrIN/c1-14(2,3)21-13(19)18-8-4-7-15(20,10-18)11-5-6-12(16)17-9-11;1-10(2,3)14-9(13)11-6-4-5-8(12)7-11;6-5-2-1-4(7)3-8-5/h5-6,9,20H,4,7-8,10H2,1-3H3;4-7H2,1-3H3;1-3H. The SMILES string of the molecule is Brc1ccc(I)cn1.CC(C)(C)OC(=O)N1CCCC(=O)C1.CC(C)(C)OC(=O)N1CCCC(O)(c2ccc(Br)nc2)C1. The van der Waals surface area contributed by atoms with Crippen molar-refractivity contribution in [3.63, 3.8) is 0 Å². The molecular formula is C30H41Br2IN4O6. The van der Waals surface area contributed by atoms with E-state index in [9.17, 15) is 19.5 Å². The molecule has 0 bridgehead atoms. The average molecular weight is 840 g/mol. The number of β-amino-alcohol motifs (C(OH)–C–C–N with tert-alkyl or cyclic N) is 1. The molecule has 0 saturated carbocycles. The van der Waals surface area contributed by atoms with E-state index in [1.54, 1.807) is 17.2 Å². The Morgan fingerprint density at radius 3 is 1.88 bits per heavy atom. The molecule has 2 aliphatic rings. The second-order valence-corrected chi connectivity index (χ2v) is 15.1. The van der Waals surface area contributed by atoms with Gasteiger partial charge in [-0.05, 0) is 133 Å². The zero-order chi connectivity index (χ0) is 32.4. The van der Waals surface area contributed by atoms with Gasteiger partial charge in [0.1, 0.15) is 26.0 Å². The molecule has 2 aromatic rings. The smallest absolute Gasteiger partial charge is 0.410 e. The number of rotatable bonds is 1. The van der Waals surface area contributed by atoms with Crippen molar-refractivity contribution in [2.45, 2.75) is 84.0 Å². The number of ether oxygens (including phenoxy) is 2. The minimum absolute atomic E-state index is 0.113. The summed E-state index contributed by atoms with van der Waals surface area (Å²) in [5, 5.41) is 10.8. The summed E-state index contributed by atoms with van der Waals surface area (Å²) >= 11 is 8.72. The first-order chi connectivity index (χ1) is 19.9. The van der Waals surface area contributed by atoms with E-state index < -0.39 is 16.8 Å². The third-order valence-electron chi connectivity index (χ3n) is 5.98. The van der Waals surface area contributed by atoms with Crippen LogP contribution in [0, 0.1) is 3.57 Å². The molecule has 10 nitrogen and oxygen atoms in total. The molecule has 0 aliphatic carbocycles. The number of carbonyl (C=O) groups is 3. The molecule has 2 amide bonds. The van der Waals surface area contributed by atoms with E-state index in [0.29, 0.717) is 25.9 Å². The Kier molecular flexibility index (Phi) is 14.3. The normalized spacial score (nSPS) is 18.9. The van der Waals surface area contributed by atoms with Gasteiger partial charge < -0.3 is 24.4 Å². The summed E-state index contributed by atoms with van der Waals surface area (Å²) in [5.74, 6) is 0.113. The monoisotopic (exact) mass is 838 g/mol. The Morgan fingerprint density at radius 2 is 1.42 bits per heavy atom. The van der Waals surface area contributed by atoms with Crippen LogP contribution in [0.2, 0.25) is 0 Å². The summed E-state index contributed by atoms with van der Waals surface area (Å²) in [5.41, 5.74) is -1.37. The van der Waals surface area contributed by atoms with Crippen molar-refractivity contribution in [2.24, 2.45) is 0 Å². The van der Waals surface area contributed by atoms with Crippen LogP contribution in [-0.2, 0) is 19.9 Å². The maximum absolute atomic E-state index is 12.2. The van der Waals surface area contributed by atoms with E-state index in [1.165, 1.54) is 4.90 Å². The van der Waals surface area contributed by atoms with Crippen LogP contribution in [0.15, 0.2) is 45.9 Å².